The van der Waals surface area contributed by atoms with Crippen LogP contribution >= 0.6 is 0 Å². The topological polar surface area (TPSA) is 137 Å². The van der Waals surface area contributed by atoms with Crippen LogP contribution in [0.4, 0.5) is 4.39 Å². The molecule has 0 amide bonds. The minimum atomic E-state index is -3.10. The second kappa shape index (κ2) is 6.29. The summed E-state index contributed by atoms with van der Waals surface area (Å²) in [7, 11) is 0.884. The van der Waals surface area contributed by atoms with Crippen molar-refractivity contribution in [1.82, 2.24) is 0 Å². The molecule has 8 nitrogen and oxygen atoms in total. The van der Waals surface area contributed by atoms with Gasteiger partial charge in [0.1, 0.15) is 12.2 Å². The molecule has 7 unspecified atom stereocenters. The van der Waals surface area contributed by atoms with E-state index in [1.807, 2.05) is 0 Å². The van der Waals surface area contributed by atoms with Crippen molar-refractivity contribution in [2.45, 2.75) is 43.3 Å². The average Bonchev–Trinajstić information content (AvgIpc) is 2.46. The van der Waals surface area contributed by atoms with Crippen molar-refractivity contribution in [3.8, 4) is 0 Å². The normalized spacial score (nSPS) is 41.0. The monoisotopic (exact) mass is 298 g/mol. The van der Waals surface area contributed by atoms with Gasteiger partial charge in [0, 0.05) is 5.92 Å². The zero-order valence-electron chi connectivity index (χ0n) is 11.0. The average molecular weight is 298 g/mol. The molecule has 0 aromatic rings. The lowest BCUT2D eigenvalue weighted by molar-refractivity contribution is -0.328. The van der Waals surface area contributed by atoms with Crippen LogP contribution in [0, 0.1) is 5.92 Å². The van der Waals surface area contributed by atoms with E-state index in [1.54, 1.807) is 0 Å². The number of esters is 1. The van der Waals surface area contributed by atoms with Gasteiger partial charge in [0.15, 0.2) is 6.17 Å². The Morgan fingerprint density at radius 3 is 2.50 bits per heavy atom. The zero-order valence-corrected chi connectivity index (χ0v) is 11.0. The van der Waals surface area contributed by atoms with Crippen molar-refractivity contribution in [3.05, 3.63) is 0 Å². The Labute approximate surface area is 114 Å². The van der Waals surface area contributed by atoms with Crippen LogP contribution in [0.3, 0.4) is 0 Å². The Balaban J connectivity index is 3.06. The molecule has 1 saturated heterocycles. The fraction of sp³-hybridized carbons (Fsp3) is 0.909. The Bertz CT molecular complexity index is 349. The lowest BCUT2D eigenvalue weighted by atomic mass is 9.83. The Morgan fingerprint density at radius 1 is 1.50 bits per heavy atom. The van der Waals surface area contributed by atoms with Crippen LogP contribution in [0.25, 0.3) is 0 Å². The minimum Gasteiger partial charge on any atom is -0.465 e. The van der Waals surface area contributed by atoms with Crippen LogP contribution in [0.2, 0.25) is 0 Å². The predicted molar refractivity (Wildman–Crippen MR) is 61.0 cm³/mol. The summed E-state index contributed by atoms with van der Waals surface area (Å²) in [6, 6.07) is 0. The number of hydrogen-bond acceptors (Lipinski definition) is 8. The maximum absolute atomic E-state index is 13.9. The second-order valence-corrected chi connectivity index (χ2v) is 4.76. The molecule has 5 N–H and O–H groups in total. The smallest absolute Gasteiger partial charge is 0.369 e. The van der Waals surface area contributed by atoms with E-state index in [2.05, 4.69) is 4.74 Å². The molecule has 0 radical (unpaired) electrons. The number of hydrogen-bond donors (Lipinski definition) is 5. The number of halogens is 1. The number of aliphatic hydroxyl groups is 5. The van der Waals surface area contributed by atoms with E-state index in [1.165, 1.54) is 6.92 Å². The summed E-state index contributed by atoms with van der Waals surface area (Å²) in [6.45, 7) is 0.478. The Hall–Kier alpha value is -0.840. The summed E-state index contributed by atoms with van der Waals surface area (Å²) < 4.78 is 22.9. The van der Waals surface area contributed by atoms with Gasteiger partial charge in [0.2, 0.25) is 0 Å². The van der Waals surface area contributed by atoms with E-state index in [0.29, 0.717) is 0 Å². The van der Waals surface area contributed by atoms with Gasteiger partial charge in [-0.2, -0.15) is 0 Å². The molecule has 0 aromatic carbocycles. The molecule has 0 aromatic heterocycles. The number of alkyl halides is 1. The Morgan fingerprint density at radius 2 is 2.05 bits per heavy atom. The third-order valence-corrected chi connectivity index (χ3v) is 3.44. The molecule has 1 aliphatic rings. The molecule has 20 heavy (non-hydrogen) atoms. The summed E-state index contributed by atoms with van der Waals surface area (Å²) in [5, 5.41) is 47.5. The molecule has 1 heterocycles. The van der Waals surface area contributed by atoms with E-state index in [0.717, 1.165) is 7.11 Å². The van der Waals surface area contributed by atoms with Crippen LogP contribution in [-0.2, 0) is 14.3 Å². The SMILES string of the molecule is COC(=O)C1(O)OC(C(O)C(O)CO)C(C)C(O)C1F. The molecular weight excluding hydrogens is 279 g/mol. The third-order valence-electron chi connectivity index (χ3n) is 3.44. The first-order valence-electron chi connectivity index (χ1n) is 5.98. The van der Waals surface area contributed by atoms with Crippen LogP contribution in [0.1, 0.15) is 6.92 Å². The van der Waals surface area contributed by atoms with Crippen molar-refractivity contribution in [3.63, 3.8) is 0 Å². The predicted octanol–water partition coefficient (Wildman–Crippen LogP) is -2.70. The second-order valence-electron chi connectivity index (χ2n) is 4.76. The highest BCUT2D eigenvalue weighted by Crippen LogP contribution is 2.36. The Kier molecular flexibility index (Phi) is 5.41. The molecule has 118 valence electrons. The standard InChI is InChI=1S/C11H19FO8/c1-4-6(15)9(12)11(18,10(17)19-2)20-8(4)7(16)5(14)3-13/h4-9,13-16,18H,3H2,1-2H3. The fourth-order valence-corrected chi connectivity index (χ4v) is 2.09. The summed E-state index contributed by atoms with van der Waals surface area (Å²) in [4.78, 5) is 11.4. The van der Waals surface area contributed by atoms with Crippen LogP contribution in [0.5, 0.6) is 0 Å². The summed E-state index contributed by atoms with van der Waals surface area (Å²) in [6.07, 6.45) is -9.19. The number of aliphatic hydroxyl groups excluding tert-OH is 4. The highest BCUT2D eigenvalue weighted by Gasteiger charge is 2.60. The quantitative estimate of drug-likeness (QED) is 0.354. The molecule has 1 rings (SSSR count). The van der Waals surface area contributed by atoms with Gasteiger partial charge in [-0.05, 0) is 0 Å². The molecule has 9 heteroatoms. The van der Waals surface area contributed by atoms with E-state index >= 15 is 0 Å². The maximum Gasteiger partial charge on any atom is 0.369 e. The fourth-order valence-electron chi connectivity index (χ4n) is 2.09. The van der Waals surface area contributed by atoms with E-state index in [-0.39, 0.29) is 0 Å². The van der Waals surface area contributed by atoms with Crippen molar-refractivity contribution in [2.75, 3.05) is 13.7 Å². The molecule has 0 spiro atoms. The van der Waals surface area contributed by atoms with Gasteiger partial charge < -0.3 is 35.0 Å². The molecule has 7 atom stereocenters. The van der Waals surface area contributed by atoms with Gasteiger partial charge in [0.05, 0.1) is 25.9 Å². The lowest BCUT2D eigenvalue weighted by Gasteiger charge is -2.45. The molecule has 0 saturated carbocycles. The van der Waals surface area contributed by atoms with Crippen molar-refractivity contribution >= 4 is 5.97 Å². The molecular formula is C11H19FO8. The number of methoxy groups -OCH3 is 1. The first kappa shape index (κ1) is 17.2. The van der Waals surface area contributed by atoms with E-state index in [4.69, 9.17) is 9.84 Å². The number of carbonyl (C=O) groups excluding carboxylic acids is 1. The minimum absolute atomic E-state index is 0.820. The van der Waals surface area contributed by atoms with Gasteiger partial charge in [-0.15, -0.1) is 0 Å². The third kappa shape index (κ3) is 2.78. The highest BCUT2D eigenvalue weighted by molar-refractivity contribution is 5.78. The molecule has 1 fully saturated rings. The van der Waals surface area contributed by atoms with Crippen molar-refractivity contribution in [1.29, 1.82) is 0 Å². The zero-order chi connectivity index (χ0) is 15.7. The van der Waals surface area contributed by atoms with Crippen LogP contribution in [0.15, 0.2) is 0 Å². The molecule has 0 bridgehead atoms. The first-order valence-corrected chi connectivity index (χ1v) is 5.98. The highest BCUT2D eigenvalue weighted by atomic mass is 19.1. The molecule has 1 aliphatic heterocycles. The van der Waals surface area contributed by atoms with Crippen LogP contribution in [-0.4, -0.2) is 81.6 Å². The van der Waals surface area contributed by atoms with Crippen molar-refractivity contribution in [2.24, 2.45) is 5.92 Å². The van der Waals surface area contributed by atoms with Crippen molar-refractivity contribution < 1.29 is 44.2 Å². The summed E-state index contributed by atoms with van der Waals surface area (Å²) in [5.41, 5.74) is 0. The summed E-state index contributed by atoms with van der Waals surface area (Å²) >= 11 is 0. The van der Waals surface area contributed by atoms with Gasteiger partial charge in [-0.25, -0.2) is 9.18 Å². The lowest BCUT2D eigenvalue weighted by Crippen LogP contribution is -2.66. The number of rotatable bonds is 4. The first-order chi connectivity index (χ1) is 9.20. The van der Waals surface area contributed by atoms with Gasteiger partial charge in [-0.1, -0.05) is 6.92 Å². The van der Waals surface area contributed by atoms with E-state index < -0.39 is 54.9 Å². The molecule has 0 aliphatic carbocycles. The van der Waals surface area contributed by atoms with E-state index in [9.17, 15) is 29.6 Å². The van der Waals surface area contributed by atoms with Gasteiger partial charge >= 0.3 is 11.8 Å². The van der Waals surface area contributed by atoms with Crippen LogP contribution < -0.4 is 0 Å². The summed E-state index contributed by atoms with van der Waals surface area (Å²) in [5.74, 6) is -5.63. The largest absolute Gasteiger partial charge is 0.465 e. The van der Waals surface area contributed by atoms with Gasteiger partial charge in [0.25, 0.3) is 0 Å². The maximum atomic E-state index is 13.9. The van der Waals surface area contributed by atoms with Gasteiger partial charge in [-0.3, -0.25) is 0 Å². The number of carbonyl (C=O) groups is 1. The number of ether oxygens (including phenoxy) is 2.